The highest BCUT2D eigenvalue weighted by atomic mass is 19.1. The van der Waals surface area contributed by atoms with E-state index in [0.29, 0.717) is 22.5 Å². The van der Waals surface area contributed by atoms with E-state index in [0.717, 1.165) is 35.1 Å². The number of nitrogens with two attached hydrogens (primary N) is 2. The van der Waals surface area contributed by atoms with Gasteiger partial charge in [0.15, 0.2) is 0 Å². The normalized spacial score (nSPS) is 15.5. The molecular weight excluding hydrogens is 423 g/mol. The second-order valence-electron chi connectivity index (χ2n) is 8.67. The molecule has 3 aromatic carbocycles. The van der Waals surface area contributed by atoms with Crippen molar-refractivity contribution < 1.29 is 4.39 Å². The maximum absolute atomic E-state index is 14.4. The molecule has 1 fully saturated rings. The topological polar surface area (TPSA) is 80.7 Å². The zero-order chi connectivity index (χ0) is 23.5. The van der Waals surface area contributed by atoms with Crippen LogP contribution >= 0.6 is 0 Å². The summed E-state index contributed by atoms with van der Waals surface area (Å²) in [7, 11) is 0. The van der Waals surface area contributed by atoms with Gasteiger partial charge in [0.2, 0.25) is 5.95 Å². The molecule has 1 aliphatic rings. The summed E-state index contributed by atoms with van der Waals surface area (Å²) in [5, 5.41) is 7.02. The van der Waals surface area contributed by atoms with Gasteiger partial charge in [-0.3, -0.25) is 5.10 Å². The average molecular weight is 451 g/mol. The Kier molecular flexibility index (Phi) is 6.00. The van der Waals surface area contributed by atoms with Crippen molar-refractivity contribution in [2.24, 2.45) is 17.4 Å². The van der Waals surface area contributed by atoms with Crippen LogP contribution in [0.25, 0.3) is 28.1 Å². The number of fused-ring (bicyclic) bond motifs is 1. The number of hydrogen-bond acceptors (Lipinski definition) is 3. The lowest BCUT2D eigenvalue weighted by atomic mass is 9.73. The Morgan fingerprint density at radius 2 is 1.68 bits per heavy atom. The standard InChI is InChI=1S/C29H27FN4/c30-29-25-17-23(14-16-26(25)33-34-29)28(22-12-9-19(10-13-22)11-15-24(32)18-31)27(21-7-4-8-21)20-5-2-1-3-6-20/h1-3,5-6,9-18,21H,4,7-8,31-32H2,(H,33,34)/b15-11+,24-18-,28-27-. The van der Waals surface area contributed by atoms with Gasteiger partial charge < -0.3 is 11.5 Å². The maximum atomic E-state index is 14.4. The van der Waals surface area contributed by atoms with Gasteiger partial charge in [-0.1, -0.05) is 73.2 Å². The van der Waals surface area contributed by atoms with Gasteiger partial charge in [0.25, 0.3) is 0 Å². The van der Waals surface area contributed by atoms with E-state index >= 15 is 0 Å². The highest BCUT2D eigenvalue weighted by Crippen LogP contribution is 2.45. The Hall–Kier alpha value is -4.12. The molecule has 0 spiro atoms. The monoisotopic (exact) mass is 450 g/mol. The van der Waals surface area contributed by atoms with E-state index in [1.165, 1.54) is 23.8 Å². The summed E-state index contributed by atoms with van der Waals surface area (Å²) in [5.41, 5.74) is 19.1. The molecule has 34 heavy (non-hydrogen) atoms. The fourth-order valence-corrected chi connectivity index (χ4v) is 4.52. The first-order valence-corrected chi connectivity index (χ1v) is 11.5. The van der Waals surface area contributed by atoms with Crippen molar-refractivity contribution in [3.05, 3.63) is 119 Å². The molecule has 5 N–H and O–H groups in total. The molecule has 1 heterocycles. The molecule has 0 aliphatic heterocycles. The van der Waals surface area contributed by atoms with Gasteiger partial charge in [-0.25, -0.2) is 0 Å². The van der Waals surface area contributed by atoms with Crippen LogP contribution in [0, 0.1) is 11.9 Å². The van der Waals surface area contributed by atoms with E-state index in [4.69, 9.17) is 11.5 Å². The molecule has 5 rings (SSSR count). The van der Waals surface area contributed by atoms with E-state index in [9.17, 15) is 4.39 Å². The fourth-order valence-electron chi connectivity index (χ4n) is 4.52. The van der Waals surface area contributed by atoms with Crippen LogP contribution in [0.3, 0.4) is 0 Å². The highest BCUT2D eigenvalue weighted by molar-refractivity contribution is 6.01. The average Bonchev–Trinajstić information content (AvgIpc) is 3.22. The number of benzene rings is 3. The molecule has 0 unspecified atom stereocenters. The third kappa shape index (κ3) is 4.25. The Bertz CT molecular complexity index is 1390. The summed E-state index contributed by atoms with van der Waals surface area (Å²) < 4.78 is 14.4. The van der Waals surface area contributed by atoms with Crippen LogP contribution in [0.2, 0.25) is 0 Å². The summed E-state index contributed by atoms with van der Waals surface area (Å²) in [6.07, 6.45) is 8.63. The number of halogens is 1. The number of nitrogens with one attached hydrogen (secondary N) is 1. The van der Waals surface area contributed by atoms with Crippen LogP contribution < -0.4 is 11.5 Å². The predicted octanol–water partition coefficient (Wildman–Crippen LogP) is 6.23. The number of rotatable bonds is 6. The largest absolute Gasteiger partial charge is 0.403 e. The van der Waals surface area contributed by atoms with Crippen molar-refractivity contribution in [2.75, 3.05) is 0 Å². The number of aromatic nitrogens is 2. The summed E-state index contributed by atoms with van der Waals surface area (Å²) in [6.45, 7) is 0. The number of H-pyrrole nitrogens is 1. The SMILES string of the molecule is N/C=C(N)/C=C/c1ccc(/C(=C(\c2ccccc2)C2CCC2)c2ccc3n[nH]c(F)c3c2)cc1. The van der Waals surface area contributed by atoms with Crippen molar-refractivity contribution in [1.29, 1.82) is 0 Å². The van der Waals surface area contributed by atoms with Gasteiger partial charge in [-0.2, -0.15) is 9.49 Å². The maximum Gasteiger partial charge on any atom is 0.216 e. The smallest absolute Gasteiger partial charge is 0.216 e. The molecule has 4 nitrogen and oxygen atoms in total. The van der Waals surface area contributed by atoms with E-state index < -0.39 is 5.95 Å². The summed E-state index contributed by atoms with van der Waals surface area (Å²) in [5.74, 6) is 0.0588. The number of hydrogen-bond donors (Lipinski definition) is 3. The van der Waals surface area contributed by atoms with Gasteiger partial charge in [0.1, 0.15) is 0 Å². The summed E-state index contributed by atoms with van der Waals surface area (Å²) in [6, 6.07) is 24.7. The third-order valence-corrected chi connectivity index (χ3v) is 6.52. The van der Waals surface area contributed by atoms with Gasteiger partial charge in [0.05, 0.1) is 10.9 Å². The molecule has 1 saturated carbocycles. The van der Waals surface area contributed by atoms with Gasteiger partial charge in [-0.05, 0) is 70.4 Å². The Morgan fingerprint density at radius 1 is 0.941 bits per heavy atom. The van der Waals surface area contributed by atoms with E-state index in [1.54, 1.807) is 6.08 Å². The first kappa shape index (κ1) is 21.7. The van der Waals surface area contributed by atoms with Gasteiger partial charge in [-0.15, -0.1) is 0 Å². The number of nitrogens with zero attached hydrogens (tertiary/aromatic N) is 1. The molecule has 0 amide bonds. The van der Waals surface area contributed by atoms with Crippen molar-refractivity contribution >= 4 is 28.1 Å². The number of allylic oxidation sites excluding steroid dienone is 2. The first-order valence-electron chi connectivity index (χ1n) is 11.5. The third-order valence-electron chi connectivity index (χ3n) is 6.52. The lowest BCUT2D eigenvalue weighted by molar-refractivity contribution is 0.401. The fraction of sp³-hybridized carbons (Fsp3) is 0.138. The van der Waals surface area contributed by atoms with Crippen molar-refractivity contribution in [1.82, 2.24) is 10.2 Å². The van der Waals surface area contributed by atoms with Crippen LogP contribution in [0.1, 0.15) is 41.5 Å². The van der Waals surface area contributed by atoms with E-state index in [2.05, 4.69) is 58.7 Å². The molecule has 0 atom stereocenters. The van der Waals surface area contributed by atoms with Crippen LogP contribution in [0.5, 0.6) is 0 Å². The molecule has 0 saturated heterocycles. The van der Waals surface area contributed by atoms with Crippen LogP contribution in [0.4, 0.5) is 4.39 Å². The zero-order valence-corrected chi connectivity index (χ0v) is 18.8. The summed E-state index contributed by atoms with van der Waals surface area (Å²) >= 11 is 0. The summed E-state index contributed by atoms with van der Waals surface area (Å²) in [4.78, 5) is 0. The lowest BCUT2D eigenvalue weighted by Crippen LogP contribution is -2.15. The van der Waals surface area contributed by atoms with Crippen molar-refractivity contribution in [3.8, 4) is 0 Å². The molecule has 5 heteroatoms. The Labute approximate surface area is 198 Å². The van der Waals surface area contributed by atoms with Crippen LogP contribution in [-0.4, -0.2) is 10.2 Å². The molecule has 0 bridgehead atoms. The van der Waals surface area contributed by atoms with E-state index in [1.807, 2.05) is 30.3 Å². The minimum Gasteiger partial charge on any atom is -0.403 e. The Balaban J connectivity index is 1.70. The molecule has 170 valence electrons. The molecule has 1 aromatic heterocycles. The lowest BCUT2D eigenvalue weighted by Gasteiger charge is -2.31. The minimum absolute atomic E-state index is 0.410. The molecule has 0 radical (unpaired) electrons. The van der Waals surface area contributed by atoms with Crippen LogP contribution in [-0.2, 0) is 0 Å². The second-order valence-corrected chi connectivity index (χ2v) is 8.67. The van der Waals surface area contributed by atoms with Crippen molar-refractivity contribution in [3.63, 3.8) is 0 Å². The van der Waals surface area contributed by atoms with Crippen LogP contribution in [0.15, 0.2) is 90.8 Å². The quantitative estimate of drug-likeness (QED) is 0.240. The zero-order valence-electron chi connectivity index (χ0n) is 18.8. The van der Waals surface area contributed by atoms with E-state index in [-0.39, 0.29) is 0 Å². The molecule has 1 aliphatic carbocycles. The first-order chi connectivity index (χ1) is 16.6. The minimum atomic E-state index is -0.410. The Morgan fingerprint density at radius 3 is 2.35 bits per heavy atom. The van der Waals surface area contributed by atoms with Gasteiger partial charge in [0, 0.05) is 11.9 Å². The van der Waals surface area contributed by atoms with Gasteiger partial charge >= 0.3 is 0 Å². The number of aromatic amines is 1. The van der Waals surface area contributed by atoms with Crippen molar-refractivity contribution in [2.45, 2.75) is 19.3 Å². The predicted molar refractivity (Wildman–Crippen MR) is 138 cm³/mol. The highest BCUT2D eigenvalue weighted by Gasteiger charge is 2.27. The molecular formula is C29H27FN4. The molecule has 4 aromatic rings. The second kappa shape index (κ2) is 9.40.